The number of pyridine rings is 1. The molecule has 3 rings (SSSR count). The molecular weight excluding hydrogens is 330 g/mol. The van der Waals surface area contributed by atoms with Gasteiger partial charge < -0.3 is 14.6 Å². The van der Waals surface area contributed by atoms with E-state index in [0.717, 1.165) is 28.1 Å². The van der Waals surface area contributed by atoms with E-state index in [1.165, 1.54) is 0 Å². The molecule has 0 radical (unpaired) electrons. The molecule has 6 nitrogen and oxygen atoms in total. The Morgan fingerprint density at radius 2 is 1.96 bits per heavy atom. The summed E-state index contributed by atoms with van der Waals surface area (Å²) in [5, 5.41) is 6.65. The number of hydrogen-bond acceptors (Lipinski definition) is 5. The van der Waals surface area contributed by atoms with Crippen molar-refractivity contribution >= 4 is 5.91 Å². The number of nitrogens with zero attached hydrogens (tertiary/aromatic N) is 2. The van der Waals surface area contributed by atoms with E-state index in [0.29, 0.717) is 12.3 Å². The van der Waals surface area contributed by atoms with Gasteiger partial charge in [-0.1, -0.05) is 36.3 Å². The fourth-order valence-electron chi connectivity index (χ4n) is 2.56. The summed E-state index contributed by atoms with van der Waals surface area (Å²) in [4.78, 5) is 16.5. The van der Waals surface area contributed by atoms with Gasteiger partial charge in [0, 0.05) is 24.4 Å². The van der Waals surface area contributed by atoms with Gasteiger partial charge in [0.05, 0.1) is 5.69 Å². The zero-order valence-corrected chi connectivity index (χ0v) is 15.1. The SMILES string of the molecule is CCc1cc(C(=O)NCc2cccnc2Oc2c(C)cccc2C)on1. The smallest absolute Gasteiger partial charge is 0.290 e. The molecule has 26 heavy (non-hydrogen) atoms. The molecular formula is C20H21N3O3. The summed E-state index contributed by atoms with van der Waals surface area (Å²) < 4.78 is 11.1. The first-order valence-corrected chi connectivity index (χ1v) is 8.50. The zero-order chi connectivity index (χ0) is 18.5. The van der Waals surface area contributed by atoms with Crippen molar-refractivity contribution in [2.24, 2.45) is 0 Å². The second-order valence-corrected chi connectivity index (χ2v) is 6.01. The molecule has 0 aliphatic rings. The van der Waals surface area contributed by atoms with Gasteiger partial charge in [-0.15, -0.1) is 0 Å². The number of aromatic nitrogens is 2. The highest BCUT2D eigenvalue weighted by Crippen LogP contribution is 2.29. The molecule has 1 aromatic carbocycles. The predicted octanol–water partition coefficient (Wildman–Crippen LogP) is 3.97. The quantitative estimate of drug-likeness (QED) is 0.727. The van der Waals surface area contributed by atoms with Crippen LogP contribution in [0.3, 0.4) is 0 Å². The van der Waals surface area contributed by atoms with E-state index in [9.17, 15) is 4.79 Å². The molecule has 2 heterocycles. The van der Waals surface area contributed by atoms with Crippen molar-refractivity contribution in [3.05, 3.63) is 70.7 Å². The average molecular weight is 351 g/mol. The van der Waals surface area contributed by atoms with E-state index in [1.807, 2.05) is 51.1 Å². The second kappa shape index (κ2) is 7.82. The van der Waals surface area contributed by atoms with Gasteiger partial charge in [-0.2, -0.15) is 0 Å². The number of carbonyl (C=O) groups excluding carboxylic acids is 1. The molecule has 0 saturated heterocycles. The third-order valence-electron chi connectivity index (χ3n) is 4.04. The van der Waals surface area contributed by atoms with Gasteiger partial charge >= 0.3 is 0 Å². The number of para-hydroxylation sites is 1. The number of ether oxygens (including phenoxy) is 1. The molecule has 3 aromatic rings. The molecule has 0 fully saturated rings. The number of nitrogens with one attached hydrogen (secondary N) is 1. The van der Waals surface area contributed by atoms with Crippen LogP contribution in [0.15, 0.2) is 47.1 Å². The lowest BCUT2D eigenvalue weighted by Crippen LogP contribution is -2.22. The van der Waals surface area contributed by atoms with E-state index in [4.69, 9.17) is 9.26 Å². The van der Waals surface area contributed by atoms with E-state index in [1.54, 1.807) is 12.3 Å². The molecule has 6 heteroatoms. The molecule has 0 bridgehead atoms. The second-order valence-electron chi connectivity index (χ2n) is 6.01. The lowest BCUT2D eigenvalue weighted by Gasteiger charge is -2.13. The van der Waals surface area contributed by atoms with Crippen molar-refractivity contribution in [2.45, 2.75) is 33.7 Å². The van der Waals surface area contributed by atoms with Crippen LogP contribution in [0.1, 0.15) is 39.9 Å². The minimum Gasteiger partial charge on any atom is -0.438 e. The first-order valence-electron chi connectivity index (χ1n) is 8.50. The number of hydrogen-bond donors (Lipinski definition) is 1. The van der Waals surface area contributed by atoms with Gasteiger partial charge in [-0.25, -0.2) is 4.98 Å². The van der Waals surface area contributed by atoms with Crippen LogP contribution in [0.2, 0.25) is 0 Å². The van der Waals surface area contributed by atoms with E-state index in [-0.39, 0.29) is 18.2 Å². The molecule has 1 N–H and O–H groups in total. The monoisotopic (exact) mass is 351 g/mol. The van der Waals surface area contributed by atoms with Gasteiger partial charge in [-0.3, -0.25) is 4.79 Å². The molecule has 0 atom stereocenters. The number of carbonyl (C=O) groups is 1. The highest BCUT2D eigenvalue weighted by Gasteiger charge is 2.14. The van der Waals surface area contributed by atoms with Gasteiger partial charge in [0.2, 0.25) is 11.6 Å². The predicted molar refractivity (Wildman–Crippen MR) is 97.3 cm³/mol. The largest absolute Gasteiger partial charge is 0.438 e. The van der Waals surface area contributed by atoms with E-state index < -0.39 is 0 Å². The van der Waals surface area contributed by atoms with Crippen LogP contribution in [-0.4, -0.2) is 16.0 Å². The van der Waals surface area contributed by atoms with Crippen molar-refractivity contribution in [1.82, 2.24) is 15.5 Å². The van der Waals surface area contributed by atoms with Crippen molar-refractivity contribution in [3.63, 3.8) is 0 Å². The van der Waals surface area contributed by atoms with Crippen LogP contribution in [0.4, 0.5) is 0 Å². The summed E-state index contributed by atoms with van der Waals surface area (Å²) in [7, 11) is 0. The van der Waals surface area contributed by atoms with Crippen LogP contribution in [0.25, 0.3) is 0 Å². The number of amides is 1. The van der Waals surface area contributed by atoms with Crippen LogP contribution in [-0.2, 0) is 13.0 Å². The summed E-state index contributed by atoms with van der Waals surface area (Å²) in [6.45, 7) is 6.20. The van der Waals surface area contributed by atoms with E-state index in [2.05, 4.69) is 15.5 Å². The Hall–Kier alpha value is -3.15. The van der Waals surface area contributed by atoms with Gasteiger partial charge in [-0.05, 0) is 37.5 Å². The Bertz CT molecular complexity index is 898. The van der Waals surface area contributed by atoms with E-state index >= 15 is 0 Å². The molecule has 0 saturated carbocycles. The van der Waals surface area contributed by atoms with Crippen LogP contribution < -0.4 is 10.1 Å². The summed E-state index contributed by atoms with van der Waals surface area (Å²) in [5.74, 6) is 1.13. The van der Waals surface area contributed by atoms with Crippen molar-refractivity contribution < 1.29 is 14.1 Å². The Kier molecular flexibility index (Phi) is 5.31. The van der Waals surface area contributed by atoms with Crippen molar-refractivity contribution in [3.8, 4) is 11.6 Å². The van der Waals surface area contributed by atoms with Crippen LogP contribution in [0, 0.1) is 13.8 Å². The standard InChI is InChI=1S/C20H21N3O3/c1-4-16-11-17(26-23-16)19(24)22-12-15-9-6-10-21-20(15)25-18-13(2)7-5-8-14(18)3/h5-11H,4,12H2,1-3H3,(H,22,24). The summed E-state index contributed by atoms with van der Waals surface area (Å²) in [5.41, 5.74) is 3.58. The Balaban J connectivity index is 1.74. The highest BCUT2D eigenvalue weighted by molar-refractivity contribution is 5.91. The maximum Gasteiger partial charge on any atom is 0.290 e. The molecule has 1 amide bonds. The maximum atomic E-state index is 12.2. The lowest BCUT2D eigenvalue weighted by molar-refractivity contribution is 0.0913. The topological polar surface area (TPSA) is 77.2 Å². The van der Waals surface area contributed by atoms with Crippen LogP contribution in [0.5, 0.6) is 11.6 Å². The minimum atomic E-state index is -0.320. The van der Waals surface area contributed by atoms with Gasteiger partial charge in [0.15, 0.2) is 0 Å². The Morgan fingerprint density at radius 3 is 2.65 bits per heavy atom. The molecule has 2 aromatic heterocycles. The number of rotatable bonds is 6. The number of benzene rings is 1. The molecule has 0 aliphatic carbocycles. The Labute approximate surface area is 152 Å². The fourth-order valence-corrected chi connectivity index (χ4v) is 2.56. The molecule has 0 spiro atoms. The summed E-state index contributed by atoms with van der Waals surface area (Å²) in [6, 6.07) is 11.3. The molecule has 0 aliphatic heterocycles. The molecule has 0 unspecified atom stereocenters. The van der Waals surface area contributed by atoms with Crippen LogP contribution >= 0.6 is 0 Å². The van der Waals surface area contributed by atoms with Gasteiger partial charge in [0.25, 0.3) is 5.91 Å². The molecule has 134 valence electrons. The summed E-state index contributed by atoms with van der Waals surface area (Å²) >= 11 is 0. The average Bonchev–Trinajstić information content (AvgIpc) is 3.13. The first-order chi connectivity index (χ1) is 12.6. The highest BCUT2D eigenvalue weighted by atomic mass is 16.5. The lowest BCUT2D eigenvalue weighted by atomic mass is 10.1. The third kappa shape index (κ3) is 3.91. The zero-order valence-electron chi connectivity index (χ0n) is 15.1. The Morgan fingerprint density at radius 1 is 1.19 bits per heavy atom. The first kappa shape index (κ1) is 17.7. The van der Waals surface area contributed by atoms with Crippen molar-refractivity contribution in [1.29, 1.82) is 0 Å². The maximum absolute atomic E-state index is 12.2. The normalized spacial score (nSPS) is 10.6. The summed E-state index contributed by atoms with van der Waals surface area (Å²) in [6.07, 6.45) is 2.38. The van der Waals surface area contributed by atoms with Gasteiger partial charge in [0.1, 0.15) is 5.75 Å². The minimum absolute atomic E-state index is 0.197. The van der Waals surface area contributed by atoms with Crippen molar-refractivity contribution in [2.75, 3.05) is 0 Å². The third-order valence-corrected chi connectivity index (χ3v) is 4.04. The number of aryl methyl sites for hydroxylation is 3. The fraction of sp³-hybridized carbons (Fsp3) is 0.250.